The quantitative estimate of drug-likeness (QED) is 0.462. The minimum absolute atomic E-state index is 0.171. The van der Waals surface area contributed by atoms with Crippen molar-refractivity contribution in [2.75, 3.05) is 36.4 Å². The molecule has 0 aliphatic carbocycles. The van der Waals surface area contributed by atoms with Crippen molar-refractivity contribution >= 4 is 34.8 Å². The lowest BCUT2D eigenvalue weighted by Gasteiger charge is -2.28. The van der Waals surface area contributed by atoms with Gasteiger partial charge in [-0.2, -0.15) is 23.1 Å². The molecule has 0 saturated carbocycles. The SMILES string of the molecule is CC#CCn1c(N2CCNCC2)nc2nc(Nc3ccccn3)n(C)c(=O)c21.O=C(O)C(F)(F)F. The van der Waals surface area contributed by atoms with Crippen LogP contribution in [0.15, 0.2) is 29.2 Å². The second kappa shape index (κ2) is 10.9. The number of carboxylic acid groups (broad SMARTS) is 1. The summed E-state index contributed by atoms with van der Waals surface area (Å²) in [5.41, 5.74) is 0.702. The maximum Gasteiger partial charge on any atom is 0.490 e. The van der Waals surface area contributed by atoms with Gasteiger partial charge in [-0.05, 0) is 19.1 Å². The van der Waals surface area contributed by atoms with Crippen LogP contribution in [0.1, 0.15) is 6.92 Å². The maximum absolute atomic E-state index is 13.1. The predicted molar refractivity (Wildman–Crippen MR) is 123 cm³/mol. The van der Waals surface area contributed by atoms with Gasteiger partial charge in [0.1, 0.15) is 5.82 Å². The van der Waals surface area contributed by atoms with Crippen molar-refractivity contribution in [1.82, 2.24) is 29.4 Å². The summed E-state index contributed by atoms with van der Waals surface area (Å²) >= 11 is 0. The fraction of sp³-hybridized carbons (Fsp3) is 0.381. The molecule has 0 unspecified atom stereocenters. The molecule has 4 rings (SSSR count). The number of nitrogens with one attached hydrogen (secondary N) is 2. The highest BCUT2D eigenvalue weighted by Crippen LogP contribution is 2.21. The molecule has 11 nitrogen and oxygen atoms in total. The summed E-state index contributed by atoms with van der Waals surface area (Å²) in [6, 6.07) is 5.52. The van der Waals surface area contributed by atoms with Crippen molar-refractivity contribution in [2.24, 2.45) is 7.05 Å². The molecule has 3 aromatic heterocycles. The number of alkyl halides is 3. The van der Waals surface area contributed by atoms with E-state index in [9.17, 15) is 18.0 Å². The number of anilines is 3. The molecule has 4 heterocycles. The zero-order valence-electron chi connectivity index (χ0n) is 18.9. The minimum atomic E-state index is -5.08. The summed E-state index contributed by atoms with van der Waals surface area (Å²) in [5, 5.41) is 13.6. The fourth-order valence-electron chi connectivity index (χ4n) is 3.23. The maximum atomic E-state index is 13.1. The molecule has 35 heavy (non-hydrogen) atoms. The van der Waals surface area contributed by atoms with Crippen molar-refractivity contribution in [1.29, 1.82) is 0 Å². The second-order valence-electron chi connectivity index (χ2n) is 7.28. The molecule has 1 aliphatic heterocycles. The van der Waals surface area contributed by atoms with Crippen LogP contribution in [-0.4, -0.2) is 67.5 Å². The van der Waals surface area contributed by atoms with E-state index in [2.05, 4.69) is 37.3 Å². The average molecular weight is 492 g/mol. The molecule has 0 amide bonds. The molecule has 3 N–H and O–H groups in total. The normalized spacial score (nSPS) is 13.5. The molecular weight excluding hydrogens is 469 g/mol. The van der Waals surface area contributed by atoms with Crippen LogP contribution in [0.4, 0.5) is 30.9 Å². The molecule has 14 heteroatoms. The lowest BCUT2D eigenvalue weighted by atomic mass is 10.4. The first-order valence-corrected chi connectivity index (χ1v) is 10.4. The molecule has 0 spiro atoms. The highest BCUT2D eigenvalue weighted by molar-refractivity contribution is 5.76. The Bertz CT molecular complexity index is 1300. The van der Waals surface area contributed by atoms with Crippen LogP contribution in [0.25, 0.3) is 11.2 Å². The molecular formula is C21H23F3N8O3. The van der Waals surface area contributed by atoms with E-state index in [1.54, 1.807) is 20.2 Å². The molecule has 0 radical (unpaired) electrons. The van der Waals surface area contributed by atoms with Gasteiger partial charge in [-0.25, -0.2) is 9.78 Å². The standard InChI is InChI=1S/C19H22N8O.C2HF3O2/c1-3-4-11-27-15-16(24-19(27)26-12-9-20-10-13-26)23-18(25(2)17(15)28)22-14-7-5-6-8-21-14;3-2(4,5)1(6)7/h5-8,20H,9-13H2,1-2H3,(H,21,22,23);(H,6,7). The van der Waals surface area contributed by atoms with Gasteiger partial charge < -0.3 is 20.6 Å². The van der Waals surface area contributed by atoms with Gasteiger partial charge in [0, 0.05) is 39.4 Å². The third-order valence-corrected chi connectivity index (χ3v) is 4.93. The van der Waals surface area contributed by atoms with E-state index in [4.69, 9.17) is 14.9 Å². The van der Waals surface area contributed by atoms with E-state index in [0.29, 0.717) is 29.5 Å². The van der Waals surface area contributed by atoms with Crippen LogP contribution >= 0.6 is 0 Å². The first-order chi connectivity index (χ1) is 16.6. The van der Waals surface area contributed by atoms with Gasteiger partial charge in [0.25, 0.3) is 5.56 Å². The number of hydrogen-bond donors (Lipinski definition) is 3. The third-order valence-electron chi connectivity index (χ3n) is 4.93. The number of piperazine rings is 1. The number of hydrogen-bond acceptors (Lipinski definition) is 8. The van der Waals surface area contributed by atoms with E-state index >= 15 is 0 Å². The number of rotatable bonds is 4. The predicted octanol–water partition coefficient (Wildman–Crippen LogP) is 1.33. The van der Waals surface area contributed by atoms with E-state index in [1.165, 1.54) is 4.57 Å². The zero-order valence-corrected chi connectivity index (χ0v) is 18.9. The molecule has 0 bridgehead atoms. The summed E-state index contributed by atoms with van der Waals surface area (Å²) in [4.78, 5) is 37.7. The molecule has 1 fully saturated rings. The highest BCUT2D eigenvalue weighted by Gasteiger charge is 2.38. The summed E-state index contributed by atoms with van der Waals surface area (Å²) in [7, 11) is 1.69. The first kappa shape index (κ1) is 25.5. The van der Waals surface area contributed by atoms with E-state index in [-0.39, 0.29) is 5.56 Å². The number of fused-ring (bicyclic) bond motifs is 1. The van der Waals surface area contributed by atoms with Crippen LogP contribution in [0, 0.1) is 11.8 Å². The van der Waals surface area contributed by atoms with Gasteiger partial charge in [-0.1, -0.05) is 12.0 Å². The highest BCUT2D eigenvalue weighted by atomic mass is 19.4. The van der Waals surface area contributed by atoms with Gasteiger partial charge in [-0.15, -0.1) is 5.92 Å². The fourth-order valence-corrected chi connectivity index (χ4v) is 3.23. The molecule has 0 atom stereocenters. The molecule has 0 aromatic carbocycles. The number of aromatic nitrogens is 5. The van der Waals surface area contributed by atoms with Crippen LogP contribution in [0.2, 0.25) is 0 Å². The average Bonchev–Trinajstić information content (AvgIpc) is 3.20. The number of nitrogens with zero attached hydrogens (tertiary/aromatic N) is 6. The molecule has 1 saturated heterocycles. The summed E-state index contributed by atoms with van der Waals surface area (Å²) in [5.74, 6) is 4.94. The summed E-state index contributed by atoms with van der Waals surface area (Å²) in [6.45, 7) is 5.58. The third kappa shape index (κ3) is 6.07. The lowest BCUT2D eigenvalue weighted by Crippen LogP contribution is -2.44. The number of carboxylic acids is 1. The number of halogens is 3. The number of aliphatic carboxylic acids is 1. The van der Waals surface area contributed by atoms with Gasteiger partial charge in [0.05, 0.1) is 6.54 Å². The van der Waals surface area contributed by atoms with Gasteiger partial charge >= 0.3 is 12.1 Å². The van der Waals surface area contributed by atoms with Crippen LogP contribution in [0.3, 0.4) is 0 Å². The Balaban J connectivity index is 0.000000429. The second-order valence-corrected chi connectivity index (χ2v) is 7.28. The Labute approximate surface area is 197 Å². The Morgan fingerprint density at radius 3 is 2.51 bits per heavy atom. The van der Waals surface area contributed by atoms with Crippen LogP contribution in [-0.2, 0) is 18.4 Å². The number of pyridine rings is 1. The topological polar surface area (TPSA) is 130 Å². The number of carbonyl (C=O) groups is 1. The van der Waals surface area contributed by atoms with Crippen LogP contribution in [0.5, 0.6) is 0 Å². The zero-order chi connectivity index (χ0) is 25.6. The van der Waals surface area contributed by atoms with Gasteiger partial charge in [0.15, 0.2) is 11.2 Å². The van der Waals surface area contributed by atoms with Gasteiger partial charge in [0.2, 0.25) is 11.9 Å². The Hall–Kier alpha value is -4.12. The van der Waals surface area contributed by atoms with Crippen molar-refractivity contribution in [3.05, 3.63) is 34.7 Å². The summed E-state index contributed by atoms with van der Waals surface area (Å²) < 4.78 is 35.1. The van der Waals surface area contributed by atoms with Crippen molar-refractivity contribution < 1.29 is 23.1 Å². The van der Waals surface area contributed by atoms with E-state index < -0.39 is 12.1 Å². The smallest absolute Gasteiger partial charge is 0.475 e. The van der Waals surface area contributed by atoms with Crippen LogP contribution < -0.4 is 21.1 Å². The minimum Gasteiger partial charge on any atom is -0.475 e. The van der Waals surface area contributed by atoms with E-state index in [1.807, 2.05) is 22.8 Å². The number of imidazole rings is 1. The first-order valence-electron chi connectivity index (χ1n) is 10.4. The molecule has 3 aromatic rings. The largest absolute Gasteiger partial charge is 0.490 e. The van der Waals surface area contributed by atoms with Gasteiger partial charge in [-0.3, -0.25) is 13.9 Å². The van der Waals surface area contributed by atoms with E-state index in [0.717, 1.165) is 32.1 Å². The Morgan fingerprint density at radius 1 is 1.26 bits per heavy atom. The monoisotopic (exact) mass is 492 g/mol. The van der Waals surface area contributed by atoms with Crippen molar-refractivity contribution in [2.45, 2.75) is 19.6 Å². The molecule has 186 valence electrons. The lowest BCUT2D eigenvalue weighted by molar-refractivity contribution is -0.192. The molecule has 1 aliphatic rings. The Kier molecular flexibility index (Phi) is 7.92. The summed E-state index contributed by atoms with van der Waals surface area (Å²) in [6.07, 6.45) is -3.40. The van der Waals surface area contributed by atoms with Crippen molar-refractivity contribution in [3.8, 4) is 11.8 Å². The Morgan fingerprint density at radius 2 is 1.94 bits per heavy atom. The van der Waals surface area contributed by atoms with Crippen molar-refractivity contribution in [3.63, 3.8) is 0 Å².